The van der Waals surface area contributed by atoms with Gasteiger partial charge >= 0.3 is 0 Å². The van der Waals surface area contributed by atoms with Crippen LogP contribution in [0.25, 0.3) is 11.2 Å². The summed E-state index contributed by atoms with van der Waals surface area (Å²) in [6, 6.07) is 12.1. The van der Waals surface area contributed by atoms with Gasteiger partial charge in [0.2, 0.25) is 5.95 Å². The monoisotopic (exact) mass is 428 g/mol. The van der Waals surface area contributed by atoms with Crippen LogP contribution in [0, 0.1) is 6.92 Å². The Morgan fingerprint density at radius 3 is 2.88 bits per heavy atom. The van der Waals surface area contributed by atoms with E-state index in [2.05, 4.69) is 44.5 Å². The van der Waals surface area contributed by atoms with Crippen molar-refractivity contribution < 1.29 is 4.74 Å². The molecule has 0 atom stereocenters. The van der Waals surface area contributed by atoms with Gasteiger partial charge in [-0.1, -0.05) is 35.9 Å². The maximum absolute atomic E-state index is 5.49. The molecule has 0 radical (unpaired) electrons. The summed E-state index contributed by atoms with van der Waals surface area (Å²) in [5.41, 5.74) is 7.78. The summed E-state index contributed by atoms with van der Waals surface area (Å²) in [5, 5.41) is 4.41. The lowest BCUT2D eigenvalue weighted by Gasteiger charge is -2.27. The van der Waals surface area contributed by atoms with Gasteiger partial charge in [0.25, 0.3) is 0 Å². The molecule has 1 saturated heterocycles. The van der Waals surface area contributed by atoms with Gasteiger partial charge in [0.1, 0.15) is 0 Å². The van der Waals surface area contributed by atoms with Crippen molar-refractivity contribution in [1.82, 2.24) is 24.5 Å². The van der Waals surface area contributed by atoms with E-state index in [4.69, 9.17) is 14.7 Å². The zero-order valence-electron chi connectivity index (χ0n) is 17.8. The van der Waals surface area contributed by atoms with Gasteiger partial charge in [-0.15, -0.1) is 0 Å². The number of hydrogen-bond acceptors (Lipinski definition) is 8. The number of hydrazone groups is 1. The van der Waals surface area contributed by atoms with Crippen molar-refractivity contribution in [2.45, 2.75) is 13.5 Å². The molecule has 4 heterocycles. The maximum atomic E-state index is 5.49. The molecule has 32 heavy (non-hydrogen) atoms. The van der Waals surface area contributed by atoms with E-state index in [-0.39, 0.29) is 0 Å². The summed E-state index contributed by atoms with van der Waals surface area (Å²) in [5.74, 6) is 1.22. The molecule has 0 aliphatic carbocycles. The first kappa shape index (κ1) is 20.1. The summed E-state index contributed by atoms with van der Waals surface area (Å²) in [6.45, 7) is 5.48. The summed E-state index contributed by atoms with van der Waals surface area (Å²) in [6.07, 6.45) is 7.18. The summed E-state index contributed by atoms with van der Waals surface area (Å²) < 4.78 is 7.50. The Kier molecular flexibility index (Phi) is 5.71. The first-order chi connectivity index (χ1) is 15.8. The van der Waals surface area contributed by atoms with Crippen LogP contribution in [0.5, 0.6) is 0 Å². The highest BCUT2D eigenvalue weighted by Crippen LogP contribution is 2.24. The highest BCUT2D eigenvalue weighted by atomic mass is 16.5. The first-order valence-corrected chi connectivity index (χ1v) is 10.6. The van der Waals surface area contributed by atoms with E-state index in [1.165, 1.54) is 5.56 Å². The lowest BCUT2D eigenvalue weighted by Crippen LogP contribution is -2.37. The summed E-state index contributed by atoms with van der Waals surface area (Å²) in [4.78, 5) is 20.5. The molecule has 5 rings (SSSR count). The Hall–Kier alpha value is -3.85. The number of hydrogen-bond donors (Lipinski definition) is 1. The smallest absolute Gasteiger partial charge is 0.229 e. The number of aryl methyl sites for hydroxylation is 1. The van der Waals surface area contributed by atoms with E-state index < -0.39 is 0 Å². The average Bonchev–Trinajstić information content (AvgIpc) is 3.23. The van der Waals surface area contributed by atoms with Crippen molar-refractivity contribution >= 4 is 29.1 Å². The van der Waals surface area contributed by atoms with Gasteiger partial charge in [-0.25, -0.2) is 4.98 Å². The van der Waals surface area contributed by atoms with Crippen LogP contribution >= 0.6 is 0 Å². The normalized spacial score (nSPS) is 14.3. The minimum absolute atomic E-state index is 0.574. The molecule has 0 bridgehead atoms. The van der Waals surface area contributed by atoms with E-state index in [0.717, 1.165) is 29.9 Å². The number of anilines is 2. The van der Waals surface area contributed by atoms with Gasteiger partial charge in [-0.3, -0.25) is 10.4 Å². The number of benzene rings is 1. The molecule has 1 aliphatic heterocycles. The Labute approximate surface area is 185 Å². The lowest BCUT2D eigenvalue weighted by molar-refractivity contribution is 0.122. The Morgan fingerprint density at radius 1 is 1.16 bits per heavy atom. The standard InChI is InChI=1S/C23H24N8O/c1-17-4-2-5-18(12-17)14-26-29-21-20-22(28-23(27-21)30-8-10-32-11-9-30)31(16-25-20)15-19-6-3-7-24-13-19/h2-7,12-14,16H,8-11,15H2,1H3,(H,27,28,29)/b26-14+. The average molecular weight is 429 g/mol. The Morgan fingerprint density at radius 2 is 2.06 bits per heavy atom. The Balaban J connectivity index is 1.49. The molecule has 0 spiro atoms. The number of nitrogens with zero attached hydrogens (tertiary/aromatic N) is 7. The molecular weight excluding hydrogens is 404 g/mol. The van der Waals surface area contributed by atoms with Crippen molar-refractivity contribution in [3.63, 3.8) is 0 Å². The number of nitrogens with one attached hydrogen (secondary N) is 1. The quantitative estimate of drug-likeness (QED) is 0.373. The van der Waals surface area contributed by atoms with Crippen LogP contribution in [0.15, 0.2) is 60.2 Å². The fourth-order valence-corrected chi connectivity index (χ4v) is 3.64. The van der Waals surface area contributed by atoms with Crippen molar-refractivity contribution in [3.05, 3.63) is 71.8 Å². The van der Waals surface area contributed by atoms with Gasteiger partial charge in [0.05, 0.1) is 32.3 Å². The number of fused-ring (bicyclic) bond motifs is 1. The second-order valence-corrected chi connectivity index (χ2v) is 7.66. The third kappa shape index (κ3) is 4.42. The van der Waals surface area contributed by atoms with E-state index >= 15 is 0 Å². The predicted octanol–water partition coefficient (Wildman–Crippen LogP) is 2.86. The van der Waals surface area contributed by atoms with Crippen molar-refractivity contribution in [1.29, 1.82) is 0 Å². The molecule has 9 nitrogen and oxygen atoms in total. The van der Waals surface area contributed by atoms with Crippen LogP contribution in [0.1, 0.15) is 16.7 Å². The van der Waals surface area contributed by atoms with Crippen LogP contribution < -0.4 is 10.3 Å². The van der Waals surface area contributed by atoms with Gasteiger partial charge in [-0.2, -0.15) is 15.1 Å². The van der Waals surface area contributed by atoms with Gasteiger partial charge in [-0.05, 0) is 24.1 Å². The van der Waals surface area contributed by atoms with Gasteiger partial charge in [0, 0.05) is 25.5 Å². The summed E-state index contributed by atoms with van der Waals surface area (Å²) in [7, 11) is 0. The third-order valence-corrected chi connectivity index (χ3v) is 5.25. The fourth-order valence-electron chi connectivity index (χ4n) is 3.64. The highest BCUT2D eigenvalue weighted by Gasteiger charge is 2.19. The van der Waals surface area contributed by atoms with Crippen molar-refractivity contribution in [2.75, 3.05) is 36.6 Å². The molecule has 0 saturated carbocycles. The van der Waals surface area contributed by atoms with Crippen LogP contribution in [0.4, 0.5) is 11.8 Å². The van der Waals surface area contributed by atoms with E-state index in [1.807, 2.05) is 35.0 Å². The molecule has 9 heteroatoms. The first-order valence-electron chi connectivity index (χ1n) is 10.6. The van der Waals surface area contributed by atoms with Gasteiger partial charge in [0.15, 0.2) is 17.0 Å². The minimum Gasteiger partial charge on any atom is -0.378 e. The molecule has 1 aromatic carbocycles. The number of morpholine rings is 1. The zero-order chi connectivity index (χ0) is 21.8. The number of pyridine rings is 1. The molecule has 3 aromatic heterocycles. The van der Waals surface area contributed by atoms with Crippen molar-refractivity contribution in [3.8, 4) is 0 Å². The molecule has 0 amide bonds. The van der Waals surface area contributed by atoms with Crippen LogP contribution in [-0.2, 0) is 11.3 Å². The van der Waals surface area contributed by atoms with Crippen molar-refractivity contribution in [2.24, 2.45) is 5.10 Å². The third-order valence-electron chi connectivity index (χ3n) is 5.25. The molecular formula is C23H24N8O. The minimum atomic E-state index is 0.574. The fraction of sp³-hybridized carbons (Fsp3) is 0.261. The van der Waals surface area contributed by atoms with E-state index in [9.17, 15) is 0 Å². The van der Waals surface area contributed by atoms with E-state index in [1.54, 1.807) is 18.7 Å². The number of ether oxygens (including phenoxy) is 1. The molecule has 4 aromatic rings. The number of rotatable bonds is 6. The molecule has 0 unspecified atom stereocenters. The van der Waals surface area contributed by atoms with Gasteiger partial charge < -0.3 is 14.2 Å². The maximum Gasteiger partial charge on any atom is 0.229 e. The second-order valence-electron chi connectivity index (χ2n) is 7.66. The SMILES string of the molecule is Cc1cccc(/C=N/Nc2nc(N3CCOCC3)nc3c2ncn3Cc2cccnc2)c1. The second kappa shape index (κ2) is 9.11. The van der Waals surface area contributed by atoms with E-state index in [0.29, 0.717) is 37.0 Å². The van der Waals surface area contributed by atoms with Crippen LogP contribution in [0.2, 0.25) is 0 Å². The summed E-state index contributed by atoms with van der Waals surface area (Å²) >= 11 is 0. The molecule has 1 aliphatic rings. The predicted molar refractivity (Wildman–Crippen MR) is 124 cm³/mol. The largest absolute Gasteiger partial charge is 0.378 e. The Bertz CT molecular complexity index is 1230. The lowest BCUT2D eigenvalue weighted by atomic mass is 10.2. The number of aromatic nitrogens is 5. The molecule has 162 valence electrons. The topological polar surface area (TPSA) is 93.4 Å². The number of imidazole rings is 1. The van der Waals surface area contributed by atoms with Crippen LogP contribution in [0.3, 0.4) is 0 Å². The zero-order valence-corrected chi connectivity index (χ0v) is 17.8. The highest BCUT2D eigenvalue weighted by molar-refractivity contribution is 5.86. The van der Waals surface area contributed by atoms with Crippen LogP contribution in [-0.4, -0.2) is 57.0 Å². The molecule has 1 fully saturated rings. The molecule has 1 N–H and O–H groups in total.